The van der Waals surface area contributed by atoms with Crippen molar-refractivity contribution < 1.29 is 0 Å². The number of pyridine rings is 1. The molecule has 110 valence electrons. The minimum absolute atomic E-state index is 0.717. The van der Waals surface area contributed by atoms with Crippen LogP contribution in [0.1, 0.15) is 19.3 Å². The Balaban J connectivity index is 1.54. The van der Waals surface area contributed by atoms with Crippen molar-refractivity contribution in [1.82, 2.24) is 9.88 Å². The number of fused-ring (bicyclic) bond motifs is 2. The molecule has 0 saturated carbocycles. The van der Waals surface area contributed by atoms with Gasteiger partial charge < -0.3 is 4.90 Å². The van der Waals surface area contributed by atoms with Crippen molar-refractivity contribution in [3.63, 3.8) is 0 Å². The molecule has 4 heterocycles. The number of anilines is 1. The number of hydrogen-bond acceptors (Lipinski definition) is 4. The molecular weight excluding hydrogens is 278 g/mol. The molecule has 2 unspecified atom stereocenters. The molecule has 2 aliphatic heterocycles. The van der Waals surface area contributed by atoms with Gasteiger partial charge in [0, 0.05) is 36.1 Å². The molecule has 4 heteroatoms. The highest BCUT2D eigenvalue weighted by Crippen LogP contribution is 2.31. The fraction of sp³-hybridized carbons (Fsp3) is 0.471. The first kappa shape index (κ1) is 13.3. The summed E-state index contributed by atoms with van der Waals surface area (Å²) in [5, 5.41) is 4.26. The zero-order valence-electron chi connectivity index (χ0n) is 12.4. The van der Waals surface area contributed by atoms with Crippen molar-refractivity contribution in [3.8, 4) is 11.3 Å². The predicted molar refractivity (Wildman–Crippen MR) is 89.0 cm³/mol. The molecule has 0 amide bonds. The average Bonchev–Trinajstić information content (AvgIpc) is 3.09. The maximum atomic E-state index is 4.66. The molecule has 21 heavy (non-hydrogen) atoms. The summed E-state index contributed by atoms with van der Waals surface area (Å²) >= 11 is 1.72. The Morgan fingerprint density at radius 3 is 2.81 bits per heavy atom. The summed E-state index contributed by atoms with van der Waals surface area (Å²) in [6, 6.07) is 8.03. The van der Waals surface area contributed by atoms with Crippen LogP contribution in [0.25, 0.3) is 11.3 Å². The van der Waals surface area contributed by atoms with E-state index in [-0.39, 0.29) is 0 Å². The molecule has 0 N–H and O–H groups in total. The normalized spacial score (nSPS) is 26.0. The predicted octanol–water partition coefficient (Wildman–Crippen LogP) is 3.48. The van der Waals surface area contributed by atoms with E-state index in [2.05, 4.69) is 50.8 Å². The average molecular weight is 299 g/mol. The van der Waals surface area contributed by atoms with Crippen LogP contribution in [-0.2, 0) is 0 Å². The molecular formula is C17H21N3S. The zero-order chi connectivity index (χ0) is 14.2. The summed E-state index contributed by atoms with van der Waals surface area (Å²) in [4.78, 5) is 9.77. The topological polar surface area (TPSA) is 19.4 Å². The van der Waals surface area contributed by atoms with Crippen molar-refractivity contribution >= 4 is 17.0 Å². The number of thiophene rings is 1. The molecule has 2 atom stereocenters. The van der Waals surface area contributed by atoms with Crippen molar-refractivity contribution in [2.75, 3.05) is 25.0 Å². The lowest BCUT2D eigenvalue weighted by Crippen LogP contribution is -2.36. The van der Waals surface area contributed by atoms with Gasteiger partial charge in [0.1, 0.15) is 0 Å². The molecule has 4 rings (SSSR count). The summed E-state index contributed by atoms with van der Waals surface area (Å²) in [5.74, 6) is 0. The maximum Gasteiger partial charge on any atom is 0.0711 e. The highest BCUT2D eigenvalue weighted by molar-refractivity contribution is 7.08. The summed E-state index contributed by atoms with van der Waals surface area (Å²) in [6.45, 7) is 2.30. The van der Waals surface area contributed by atoms with E-state index in [4.69, 9.17) is 0 Å². The van der Waals surface area contributed by atoms with Crippen LogP contribution in [0.5, 0.6) is 0 Å². The lowest BCUT2D eigenvalue weighted by Gasteiger charge is -2.27. The monoisotopic (exact) mass is 299 g/mol. The second-order valence-corrected chi connectivity index (χ2v) is 6.98. The second-order valence-electron chi connectivity index (χ2n) is 6.20. The first-order chi connectivity index (χ1) is 10.3. The fourth-order valence-electron chi connectivity index (χ4n) is 3.70. The van der Waals surface area contributed by atoms with E-state index in [9.17, 15) is 0 Å². The quantitative estimate of drug-likeness (QED) is 0.846. The van der Waals surface area contributed by atoms with Crippen molar-refractivity contribution in [2.45, 2.75) is 31.3 Å². The Morgan fingerprint density at radius 2 is 2.05 bits per heavy atom. The lowest BCUT2D eigenvalue weighted by atomic mass is 10.1. The molecule has 3 nitrogen and oxygen atoms in total. The third-order valence-electron chi connectivity index (χ3n) is 5.08. The van der Waals surface area contributed by atoms with Gasteiger partial charge in [-0.15, -0.1) is 0 Å². The van der Waals surface area contributed by atoms with E-state index < -0.39 is 0 Å². The molecule has 2 aromatic heterocycles. The Morgan fingerprint density at radius 1 is 1.14 bits per heavy atom. The summed E-state index contributed by atoms with van der Waals surface area (Å²) < 4.78 is 0. The van der Waals surface area contributed by atoms with E-state index in [0.717, 1.165) is 24.8 Å². The standard InChI is InChI=1S/C17H21N3S/c1-19-14-2-3-16(19)11-20(8-6-14)15-4-5-17(18-10-15)13-7-9-21-12-13/h4-5,7,9-10,12,14,16H,2-3,6,8,11H2,1H3. The van der Waals surface area contributed by atoms with E-state index in [1.807, 2.05) is 6.20 Å². The van der Waals surface area contributed by atoms with Crippen LogP contribution >= 0.6 is 11.3 Å². The van der Waals surface area contributed by atoms with E-state index >= 15 is 0 Å². The number of aromatic nitrogens is 1. The highest BCUT2D eigenvalue weighted by Gasteiger charge is 2.34. The van der Waals surface area contributed by atoms with Crippen LogP contribution in [0.15, 0.2) is 35.2 Å². The number of nitrogens with zero attached hydrogens (tertiary/aromatic N) is 3. The van der Waals surface area contributed by atoms with Crippen LogP contribution in [0.3, 0.4) is 0 Å². The first-order valence-corrected chi connectivity index (χ1v) is 8.71. The van der Waals surface area contributed by atoms with Gasteiger partial charge in [0.15, 0.2) is 0 Å². The minimum Gasteiger partial charge on any atom is -0.369 e. The van der Waals surface area contributed by atoms with Gasteiger partial charge in [0.2, 0.25) is 0 Å². The molecule has 0 radical (unpaired) electrons. The van der Waals surface area contributed by atoms with Crippen LogP contribution in [0.4, 0.5) is 5.69 Å². The third-order valence-corrected chi connectivity index (χ3v) is 5.76. The molecule has 2 bridgehead atoms. The van der Waals surface area contributed by atoms with Crippen molar-refractivity contribution in [2.24, 2.45) is 0 Å². The van der Waals surface area contributed by atoms with Crippen LogP contribution in [0, 0.1) is 0 Å². The molecule has 2 aliphatic rings. The number of likely N-dealkylation sites (N-methyl/N-ethyl adjacent to an activating group) is 1. The summed E-state index contributed by atoms with van der Waals surface area (Å²) in [5.41, 5.74) is 3.57. The number of rotatable bonds is 2. The Kier molecular flexibility index (Phi) is 3.43. The Bertz CT molecular complexity index is 593. The minimum atomic E-state index is 0.717. The van der Waals surface area contributed by atoms with Gasteiger partial charge in [-0.05, 0) is 49.9 Å². The SMILES string of the molecule is CN1C2CCC1CN(c1ccc(-c3ccsc3)nc1)CC2. The third kappa shape index (κ3) is 2.47. The van der Waals surface area contributed by atoms with Gasteiger partial charge in [0.25, 0.3) is 0 Å². The summed E-state index contributed by atoms with van der Waals surface area (Å²) in [6.07, 6.45) is 6.05. The molecule has 2 fully saturated rings. The molecule has 0 aliphatic carbocycles. The van der Waals surface area contributed by atoms with Gasteiger partial charge in [-0.25, -0.2) is 0 Å². The van der Waals surface area contributed by atoms with Crippen molar-refractivity contribution in [3.05, 3.63) is 35.2 Å². The maximum absolute atomic E-state index is 4.66. The lowest BCUT2D eigenvalue weighted by molar-refractivity contribution is 0.254. The molecule has 0 aromatic carbocycles. The Labute approximate surface area is 130 Å². The van der Waals surface area contributed by atoms with Crippen LogP contribution in [0.2, 0.25) is 0 Å². The zero-order valence-corrected chi connectivity index (χ0v) is 13.2. The molecule has 2 saturated heterocycles. The Hall–Kier alpha value is -1.39. The largest absolute Gasteiger partial charge is 0.369 e. The van der Waals surface area contributed by atoms with E-state index in [1.54, 1.807) is 11.3 Å². The van der Waals surface area contributed by atoms with Gasteiger partial charge in [-0.3, -0.25) is 9.88 Å². The number of hydrogen-bond donors (Lipinski definition) is 0. The smallest absolute Gasteiger partial charge is 0.0711 e. The van der Waals surface area contributed by atoms with Gasteiger partial charge in [0.05, 0.1) is 17.6 Å². The second kappa shape index (κ2) is 5.43. The van der Waals surface area contributed by atoms with E-state index in [0.29, 0.717) is 6.04 Å². The van der Waals surface area contributed by atoms with Crippen LogP contribution < -0.4 is 4.90 Å². The van der Waals surface area contributed by atoms with Gasteiger partial charge in [-0.2, -0.15) is 11.3 Å². The molecule has 0 spiro atoms. The highest BCUT2D eigenvalue weighted by atomic mass is 32.1. The molecule has 2 aromatic rings. The van der Waals surface area contributed by atoms with Crippen LogP contribution in [-0.4, -0.2) is 42.1 Å². The van der Waals surface area contributed by atoms with Crippen molar-refractivity contribution in [1.29, 1.82) is 0 Å². The van der Waals surface area contributed by atoms with Gasteiger partial charge in [-0.1, -0.05) is 0 Å². The van der Waals surface area contributed by atoms with E-state index in [1.165, 1.54) is 30.5 Å². The summed E-state index contributed by atoms with van der Waals surface area (Å²) in [7, 11) is 2.30. The fourth-order valence-corrected chi connectivity index (χ4v) is 4.35. The van der Waals surface area contributed by atoms with Gasteiger partial charge >= 0.3 is 0 Å². The first-order valence-electron chi connectivity index (χ1n) is 7.77.